The first-order chi connectivity index (χ1) is 14.7. The monoisotopic (exact) mass is 430 g/mol. The molecule has 1 N–H and O–H groups in total. The highest BCUT2D eigenvalue weighted by Gasteiger charge is 2.26. The third-order valence-corrected chi connectivity index (χ3v) is 7.32. The summed E-state index contributed by atoms with van der Waals surface area (Å²) >= 11 is 1.37. The topological polar surface area (TPSA) is 86.1 Å². The second-order valence-corrected chi connectivity index (χ2v) is 9.35. The summed E-state index contributed by atoms with van der Waals surface area (Å²) in [6.45, 7) is 3.19. The Kier molecular flexibility index (Phi) is 7.04. The molecule has 30 heavy (non-hydrogen) atoms. The van der Waals surface area contributed by atoms with E-state index in [0.717, 1.165) is 32.3 Å². The van der Waals surface area contributed by atoms with Crippen LogP contribution in [-0.4, -0.2) is 44.4 Å². The fraction of sp³-hybridized carbons (Fsp3) is 0.636. The SMILES string of the molecule is CCC(Sc1nc2ncccc2c(=O)n1CC1CCCO1)C(=O)NC1CCCCC1. The van der Waals surface area contributed by atoms with E-state index >= 15 is 0 Å². The number of carbonyl (C=O) groups excluding carboxylic acids is 1. The first kappa shape index (κ1) is 21.3. The molecule has 0 radical (unpaired) electrons. The van der Waals surface area contributed by atoms with Gasteiger partial charge in [-0.3, -0.25) is 14.2 Å². The lowest BCUT2D eigenvalue weighted by Crippen LogP contribution is -2.41. The Labute approximate surface area is 181 Å². The summed E-state index contributed by atoms with van der Waals surface area (Å²) in [6, 6.07) is 3.77. The Balaban J connectivity index is 1.60. The van der Waals surface area contributed by atoms with Crippen LogP contribution >= 0.6 is 11.8 Å². The van der Waals surface area contributed by atoms with E-state index in [4.69, 9.17) is 4.74 Å². The first-order valence-corrected chi connectivity index (χ1v) is 12.0. The molecule has 0 aromatic carbocycles. The number of nitrogens with zero attached hydrogens (tertiary/aromatic N) is 3. The van der Waals surface area contributed by atoms with Crippen molar-refractivity contribution in [3.8, 4) is 0 Å². The summed E-state index contributed by atoms with van der Waals surface area (Å²) in [5.74, 6) is 0.0356. The zero-order valence-electron chi connectivity index (χ0n) is 17.5. The Morgan fingerprint density at radius 1 is 1.30 bits per heavy atom. The van der Waals surface area contributed by atoms with Crippen molar-refractivity contribution in [2.24, 2.45) is 0 Å². The fourth-order valence-electron chi connectivity index (χ4n) is 4.27. The fourth-order valence-corrected chi connectivity index (χ4v) is 5.29. The Hall–Kier alpha value is -1.93. The molecule has 1 amide bonds. The third-order valence-electron chi connectivity index (χ3n) is 5.97. The van der Waals surface area contributed by atoms with Crippen LogP contribution in [0.25, 0.3) is 11.0 Å². The maximum Gasteiger partial charge on any atom is 0.263 e. The van der Waals surface area contributed by atoms with Crippen molar-refractivity contribution in [3.63, 3.8) is 0 Å². The summed E-state index contributed by atoms with van der Waals surface area (Å²) in [6.07, 6.45) is 9.95. The normalized spacial score (nSPS) is 21.0. The molecule has 2 aromatic heterocycles. The van der Waals surface area contributed by atoms with E-state index in [9.17, 15) is 9.59 Å². The van der Waals surface area contributed by atoms with Gasteiger partial charge in [0.05, 0.1) is 23.3 Å². The number of aromatic nitrogens is 3. The van der Waals surface area contributed by atoms with Gasteiger partial charge in [0.2, 0.25) is 5.91 Å². The molecule has 8 heteroatoms. The second kappa shape index (κ2) is 9.92. The van der Waals surface area contributed by atoms with Crippen molar-refractivity contribution in [3.05, 3.63) is 28.7 Å². The summed E-state index contributed by atoms with van der Waals surface area (Å²) < 4.78 is 7.45. The molecule has 1 saturated heterocycles. The maximum atomic E-state index is 13.2. The Morgan fingerprint density at radius 3 is 2.87 bits per heavy atom. The highest BCUT2D eigenvalue weighted by molar-refractivity contribution is 8.00. The minimum atomic E-state index is -0.296. The predicted molar refractivity (Wildman–Crippen MR) is 118 cm³/mol. The molecule has 162 valence electrons. The Morgan fingerprint density at radius 2 is 2.13 bits per heavy atom. The van der Waals surface area contributed by atoms with Crippen LogP contribution in [0.4, 0.5) is 0 Å². The van der Waals surface area contributed by atoms with Crippen LogP contribution in [0.3, 0.4) is 0 Å². The number of carbonyl (C=O) groups is 1. The smallest absolute Gasteiger partial charge is 0.263 e. The zero-order valence-corrected chi connectivity index (χ0v) is 18.3. The molecule has 2 unspecified atom stereocenters. The molecule has 0 spiro atoms. The van der Waals surface area contributed by atoms with E-state index in [0.29, 0.717) is 29.2 Å². The molecule has 4 rings (SSSR count). The lowest BCUT2D eigenvalue weighted by atomic mass is 9.95. The van der Waals surface area contributed by atoms with Gasteiger partial charge >= 0.3 is 0 Å². The lowest BCUT2D eigenvalue weighted by molar-refractivity contribution is -0.121. The van der Waals surface area contributed by atoms with Crippen LogP contribution in [0.15, 0.2) is 28.3 Å². The molecule has 1 aliphatic carbocycles. The zero-order chi connectivity index (χ0) is 20.9. The van der Waals surface area contributed by atoms with Gasteiger partial charge in [-0.1, -0.05) is 37.9 Å². The molecule has 7 nitrogen and oxygen atoms in total. The van der Waals surface area contributed by atoms with Gasteiger partial charge in [0.1, 0.15) is 0 Å². The summed E-state index contributed by atoms with van der Waals surface area (Å²) in [5.41, 5.74) is 0.310. The molecule has 2 atom stereocenters. The number of amides is 1. The quantitative estimate of drug-likeness (QED) is 0.536. The van der Waals surface area contributed by atoms with E-state index < -0.39 is 0 Å². The Bertz CT molecular complexity index is 936. The van der Waals surface area contributed by atoms with Gasteiger partial charge in [0, 0.05) is 18.8 Å². The third kappa shape index (κ3) is 4.86. The van der Waals surface area contributed by atoms with E-state index in [1.54, 1.807) is 22.9 Å². The first-order valence-electron chi connectivity index (χ1n) is 11.1. The van der Waals surface area contributed by atoms with Crippen molar-refractivity contribution < 1.29 is 9.53 Å². The van der Waals surface area contributed by atoms with Crippen molar-refractivity contribution in [2.45, 2.75) is 87.4 Å². The molecule has 3 heterocycles. The van der Waals surface area contributed by atoms with Gasteiger partial charge in [0.25, 0.3) is 5.56 Å². The minimum absolute atomic E-state index is 0.00844. The number of nitrogens with one attached hydrogen (secondary N) is 1. The largest absolute Gasteiger partial charge is 0.376 e. The molecule has 2 aromatic rings. The molecule has 2 fully saturated rings. The van der Waals surface area contributed by atoms with Crippen LogP contribution in [0.5, 0.6) is 0 Å². The molecule has 0 bridgehead atoms. The molecule has 2 aliphatic rings. The maximum absolute atomic E-state index is 13.2. The summed E-state index contributed by atoms with van der Waals surface area (Å²) in [5, 5.41) is 3.97. The number of rotatable bonds is 7. The number of fused-ring (bicyclic) bond motifs is 1. The summed E-state index contributed by atoms with van der Waals surface area (Å²) in [4.78, 5) is 35.1. The average Bonchev–Trinajstić information content (AvgIpc) is 3.28. The van der Waals surface area contributed by atoms with Crippen LogP contribution in [0.2, 0.25) is 0 Å². The van der Waals surface area contributed by atoms with E-state index in [-0.39, 0.29) is 28.9 Å². The van der Waals surface area contributed by atoms with E-state index in [1.807, 2.05) is 6.92 Å². The van der Waals surface area contributed by atoms with E-state index in [1.165, 1.54) is 31.0 Å². The van der Waals surface area contributed by atoms with E-state index in [2.05, 4.69) is 15.3 Å². The molecular weight excluding hydrogens is 400 g/mol. The van der Waals surface area contributed by atoms with Gasteiger partial charge in [-0.05, 0) is 44.2 Å². The number of hydrogen-bond acceptors (Lipinski definition) is 6. The predicted octanol–water partition coefficient (Wildman–Crippen LogP) is 3.29. The van der Waals surface area contributed by atoms with Crippen molar-refractivity contribution in [2.75, 3.05) is 6.61 Å². The van der Waals surface area contributed by atoms with Crippen LogP contribution < -0.4 is 10.9 Å². The van der Waals surface area contributed by atoms with Gasteiger partial charge in [0.15, 0.2) is 10.8 Å². The average molecular weight is 431 g/mol. The molecular formula is C22H30N4O3S. The number of ether oxygens (including phenoxy) is 1. The summed E-state index contributed by atoms with van der Waals surface area (Å²) in [7, 11) is 0. The van der Waals surface area contributed by atoms with Gasteiger partial charge < -0.3 is 10.1 Å². The number of thioether (sulfide) groups is 1. The van der Waals surface area contributed by atoms with Gasteiger partial charge in [-0.2, -0.15) is 0 Å². The number of hydrogen-bond donors (Lipinski definition) is 1. The van der Waals surface area contributed by atoms with Crippen LogP contribution in [-0.2, 0) is 16.1 Å². The van der Waals surface area contributed by atoms with Gasteiger partial charge in [-0.25, -0.2) is 9.97 Å². The number of pyridine rings is 1. The minimum Gasteiger partial charge on any atom is -0.376 e. The second-order valence-electron chi connectivity index (χ2n) is 8.18. The molecule has 1 saturated carbocycles. The van der Waals surface area contributed by atoms with Crippen LogP contribution in [0, 0.1) is 0 Å². The highest BCUT2D eigenvalue weighted by Crippen LogP contribution is 2.27. The van der Waals surface area contributed by atoms with Crippen LogP contribution in [0.1, 0.15) is 58.3 Å². The highest BCUT2D eigenvalue weighted by atomic mass is 32.2. The van der Waals surface area contributed by atoms with Crippen molar-refractivity contribution in [1.29, 1.82) is 0 Å². The standard InChI is InChI=1S/C22H30N4O3S/c1-2-18(20(27)24-15-8-4-3-5-9-15)30-22-25-19-17(11-6-12-23-19)21(28)26(22)14-16-10-7-13-29-16/h6,11-12,15-16,18H,2-5,7-10,13-14H2,1H3,(H,24,27). The molecule has 1 aliphatic heterocycles. The van der Waals surface area contributed by atoms with Crippen molar-refractivity contribution >= 4 is 28.7 Å². The lowest BCUT2D eigenvalue weighted by Gasteiger charge is -2.25. The van der Waals surface area contributed by atoms with Crippen molar-refractivity contribution in [1.82, 2.24) is 19.9 Å². The van der Waals surface area contributed by atoms with Gasteiger partial charge in [-0.15, -0.1) is 0 Å².